The van der Waals surface area contributed by atoms with E-state index in [0.29, 0.717) is 6.29 Å². The van der Waals surface area contributed by atoms with Crippen LogP contribution in [0.3, 0.4) is 0 Å². The highest BCUT2D eigenvalue weighted by Crippen LogP contribution is 2.12. The Kier molecular flexibility index (Phi) is 6.47. The van der Waals surface area contributed by atoms with E-state index >= 15 is 0 Å². The first-order valence-corrected chi connectivity index (χ1v) is 8.12. The molecule has 1 aromatic rings. The maximum absolute atomic E-state index is 12.1. The van der Waals surface area contributed by atoms with Gasteiger partial charge in [-0.3, -0.25) is 4.90 Å². The van der Waals surface area contributed by atoms with Gasteiger partial charge >= 0.3 is 0 Å². The number of benzene rings is 1. The molecule has 118 valence electrons. The van der Waals surface area contributed by atoms with E-state index in [1.807, 2.05) is 0 Å². The standard InChI is InChI=1S/C14H22N2O4S/c1-11(14(18)13(10-17)16(2)3)9-15-21(19,20)12-7-5-4-6-8-12/h4-8,10-11,13-15,18H,9H2,1-3H3/t11-,13-,14-/m1/s1. The average Bonchev–Trinajstić information content (AvgIpc) is 2.46. The molecule has 21 heavy (non-hydrogen) atoms. The molecule has 0 saturated heterocycles. The van der Waals surface area contributed by atoms with E-state index in [2.05, 4.69) is 4.72 Å². The Morgan fingerprint density at radius 1 is 1.29 bits per heavy atom. The largest absolute Gasteiger partial charge is 0.391 e. The van der Waals surface area contributed by atoms with Gasteiger partial charge in [-0.15, -0.1) is 0 Å². The Balaban J connectivity index is 2.68. The molecule has 0 amide bonds. The molecular formula is C14H22N2O4S. The van der Waals surface area contributed by atoms with Crippen molar-refractivity contribution in [2.75, 3.05) is 20.6 Å². The monoisotopic (exact) mass is 314 g/mol. The number of aliphatic hydroxyl groups excluding tert-OH is 1. The van der Waals surface area contributed by atoms with Crippen molar-refractivity contribution in [2.45, 2.75) is 24.0 Å². The zero-order valence-corrected chi connectivity index (χ0v) is 13.2. The number of nitrogens with zero attached hydrogens (tertiary/aromatic N) is 1. The maximum Gasteiger partial charge on any atom is 0.240 e. The van der Waals surface area contributed by atoms with Crippen LogP contribution in [0.15, 0.2) is 35.2 Å². The zero-order chi connectivity index (χ0) is 16.0. The minimum atomic E-state index is -3.60. The lowest BCUT2D eigenvalue weighted by Crippen LogP contribution is -2.46. The van der Waals surface area contributed by atoms with Crippen LogP contribution < -0.4 is 4.72 Å². The van der Waals surface area contributed by atoms with E-state index < -0.39 is 28.1 Å². The predicted molar refractivity (Wildman–Crippen MR) is 80.3 cm³/mol. The third-order valence-corrected chi connectivity index (χ3v) is 4.76. The third kappa shape index (κ3) is 4.89. The first-order valence-electron chi connectivity index (χ1n) is 6.64. The molecule has 6 nitrogen and oxygen atoms in total. The Labute approximate surface area is 125 Å². The quantitative estimate of drug-likeness (QED) is 0.664. The molecule has 0 saturated carbocycles. The van der Waals surface area contributed by atoms with Crippen LogP contribution in [0.1, 0.15) is 6.92 Å². The molecular weight excluding hydrogens is 292 g/mol. The normalized spacial score (nSPS) is 16.4. The number of hydrogen-bond acceptors (Lipinski definition) is 5. The predicted octanol–water partition coefficient (Wildman–Crippen LogP) is 0.0910. The smallest absolute Gasteiger partial charge is 0.240 e. The second kappa shape index (κ2) is 7.65. The first-order chi connectivity index (χ1) is 9.79. The van der Waals surface area contributed by atoms with Crippen molar-refractivity contribution in [3.05, 3.63) is 30.3 Å². The summed E-state index contributed by atoms with van der Waals surface area (Å²) in [5, 5.41) is 10.1. The molecule has 1 aromatic carbocycles. The van der Waals surface area contributed by atoms with E-state index in [1.165, 1.54) is 12.1 Å². The van der Waals surface area contributed by atoms with Crippen LogP contribution in [0.25, 0.3) is 0 Å². The number of aliphatic hydroxyl groups is 1. The second-order valence-corrected chi connectivity index (χ2v) is 6.99. The van der Waals surface area contributed by atoms with Crippen LogP contribution in [0.4, 0.5) is 0 Å². The molecule has 1 rings (SSSR count). The first kappa shape index (κ1) is 17.8. The molecule has 0 aliphatic rings. The van der Waals surface area contributed by atoms with E-state index in [9.17, 15) is 18.3 Å². The molecule has 0 spiro atoms. The van der Waals surface area contributed by atoms with Gasteiger partial charge in [0.25, 0.3) is 0 Å². The fourth-order valence-electron chi connectivity index (χ4n) is 1.89. The average molecular weight is 314 g/mol. The molecule has 3 atom stereocenters. The summed E-state index contributed by atoms with van der Waals surface area (Å²) in [7, 11) is -0.237. The highest BCUT2D eigenvalue weighted by Gasteiger charge is 2.27. The summed E-state index contributed by atoms with van der Waals surface area (Å²) in [5.74, 6) is -0.402. The van der Waals surface area contributed by atoms with Gasteiger partial charge in [0.2, 0.25) is 10.0 Å². The minimum absolute atomic E-state index is 0.0522. The summed E-state index contributed by atoms with van der Waals surface area (Å²) in [4.78, 5) is 12.7. The van der Waals surface area contributed by atoms with Crippen molar-refractivity contribution in [1.82, 2.24) is 9.62 Å². The number of carbonyl (C=O) groups excluding carboxylic acids is 1. The molecule has 0 aliphatic carbocycles. The van der Waals surface area contributed by atoms with Crippen molar-refractivity contribution in [2.24, 2.45) is 5.92 Å². The number of rotatable bonds is 8. The van der Waals surface area contributed by atoms with E-state index in [4.69, 9.17) is 0 Å². The number of likely N-dealkylation sites (N-methyl/N-ethyl adjacent to an activating group) is 1. The molecule has 0 heterocycles. The lowest BCUT2D eigenvalue weighted by Gasteiger charge is -2.28. The van der Waals surface area contributed by atoms with E-state index in [0.717, 1.165) is 0 Å². The van der Waals surface area contributed by atoms with Crippen molar-refractivity contribution < 1.29 is 18.3 Å². The van der Waals surface area contributed by atoms with Crippen LogP contribution >= 0.6 is 0 Å². The van der Waals surface area contributed by atoms with Gasteiger partial charge in [-0.25, -0.2) is 13.1 Å². The molecule has 0 bridgehead atoms. The lowest BCUT2D eigenvalue weighted by atomic mass is 9.98. The number of sulfonamides is 1. The van der Waals surface area contributed by atoms with Gasteiger partial charge in [-0.2, -0.15) is 0 Å². The third-order valence-electron chi connectivity index (χ3n) is 3.32. The number of nitrogens with one attached hydrogen (secondary N) is 1. The molecule has 7 heteroatoms. The fraction of sp³-hybridized carbons (Fsp3) is 0.500. The van der Waals surface area contributed by atoms with Gasteiger partial charge in [-0.1, -0.05) is 25.1 Å². The Hall–Kier alpha value is -1.28. The Morgan fingerprint density at radius 2 is 1.86 bits per heavy atom. The van der Waals surface area contributed by atoms with Gasteiger partial charge in [0.1, 0.15) is 6.29 Å². The van der Waals surface area contributed by atoms with Crippen molar-refractivity contribution >= 4 is 16.3 Å². The highest BCUT2D eigenvalue weighted by molar-refractivity contribution is 7.89. The second-order valence-electron chi connectivity index (χ2n) is 5.22. The summed E-state index contributed by atoms with van der Waals surface area (Å²) in [5.41, 5.74) is 0. The van der Waals surface area contributed by atoms with Crippen molar-refractivity contribution in [3.63, 3.8) is 0 Å². The SMILES string of the molecule is C[C@H](CNS(=O)(=O)c1ccccc1)[C@@H](O)[C@@H](C=O)N(C)C. The summed E-state index contributed by atoms with van der Waals surface area (Å²) in [6.07, 6.45) is -0.289. The Bertz CT molecular complexity index is 545. The van der Waals surface area contributed by atoms with Crippen molar-refractivity contribution in [1.29, 1.82) is 0 Å². The Morgan fingerprint density at radius 3 is 2.33 bits per heavy atom. The number of carbonyl (C=O) groups is 1. The van der Waals surface area contributed by atoms with Crippen LogP contribution in [0.2, 0.25) is 0 Å². The number of hydrogen-bond donors (Lipinski definition) is 2. The summed E-state index contributed by atoms with van der Waals surface area (Å²) in [6, 6.07) is 7.34. The minimum Gasteiger partial charge on any atom is -0.391 e. The van der Waals surface area contributed by atoms with Gasteiger partial charge in [-0.05, 0) is 32.1 Å². The topological polar surface area (TPSA) is 86.7 Å². The fourth-order valence-corrected chi connectivity index (χ4v) is 3.05. The van der Waals surface area contributed by atoms with E-state index in [1.54, 1.807) is 44.1 Å². The number of aldehydes is 1. The highest BCUT2D eigenvalue weighted by atomic mass is 32.2. The lowest BCUT2D eigenvalue weighted by molar-refractivity contribution is -0.116. The molecule has 0 aliphatic heterocycles. The summed E-state index contributed by atoms with van der Waals surface area (Å²) >= 11 is 0. The summed E-state index contributed by atoms with van der Waals surface area (Å²) in [6.45, 7) is 1.74. The van der Waals surface area contributed by atoms with Crippen LogP contribution in [0, 0.1) is 5.92 Å². The van der Waals surface area contributed by atoms with E-state index in [-0.39, 0.29) is 11.4 Å². The van der Waals surface area contributed by atoms with Gasteiger partial charge in [0.05, 0.1) is 17.0 Å². The molecule has 0 radical (unpaired) electrons. The zero-order valence-electron chi connectivity index (χ0n) is 12.4. The van der Waals surface area contributed by atoms with Gasteiger partial charge in [0.15, 0.2) is 0 Å². The van der Waals surface area contributed by atoms with Crippen LogP contribution in [-0.4, -0.2) is 57.5 Å². The summed E-state index contributed by atoms with van der Waals surface area (Å²) < 4.78 is 26.6. The van der Waals surface area contributed by atoms with Crippen LogP contribution in [-0.2, 0) is 14.8 Å². The maximum atomic E-state index is 12.1. The molecule has 0 unspecified atom stereocenters. The van der Waals surface area contributed by atoms with Crippen LogP contribution in [0.5, 0.6) is 0 Å². The van der Waals surface area contributed by atoms with Gasteiger partial charge < -0.3 is 9.90 Å². The van der Waals surface area contributed by atoms with Crippen molar-refractivity contribution in [3.8, 4) is 0 Å². The molecule has 0 fully saturated rings. The molecule has 0 aromatic heterocycles. The molecule has 2 N–H and O–H groups in total. The van der Waals surface area contributed by atoms with Gasteiger partial charge in [0, 0.05) is 6.54 Å².